The van der Waals surface area contributed by atoms with Gasteiger partial charge >= 0.3 is 0 Å². The minimum absolute atomic E-state index is 0.227. The Balaban J connectivity index is 0.970. The first kappa shape index (κ1) is 36.4. The smallest absolute Gasteiger partial charge is 0.160 e. The molecular weight excluding hydrogens is 737 g/mol. The second-order valence-electron chi connectivity index (χ2n) is 16.0. The highest BCUT2D eigenvalue weighted by Crippen LogP contribution is 2.63. The number of fused-ring (bicyclic) bond motifs is 1. The van der Waals surface area contributed by atoms with Crippen molar-refractivity contribution >= 4 is 5.57 Å². The molecule has 1 saturated carbocycles. The van der Waals surface area contributed by atoms with Gasteiger partial charge in [0.15, 0.2) is 5.82 Å². The molecule has 3 unspecified atom stereocenters. The fourth-order valence-corrected chi connectivity index (χ4v) is 9.36. The van der Waals surface area contributed by atoms with Gasteiger partial charge in [0.25, 0.3) is 0 Å². The van der Waals surface area contributed by atoms with Gasteiger partial charge in [-0.05, 0) is 78.8 Å². The van der Waals surface area contributed by atoms with Crippen LogP contribution in [-0.2, 0) is 0 Å². The Morgan fingerprint density at radius 1 is 0.311 bits per heavy atom. The van der Waals surface area contributed by atoms with Crippen LogP contribution in [0.25, 0.3) is 83.9 Å². The molecule has 2 nitrogen and oxygen atoms in total. The van der Waals surface area contributed by atoms with Gasteiger partial charge in [-0.3, -0.25) is 0 Å². The predicted molar refractivity (Wildman–Crippen MR) is 253 cm³/mol. The van der Waals surface area contributed by atoms with Crippen LogP contribution in [0.5, 0.6) is 0 Å². The number of hydrogen-bond acceptors (Lipinski definition) is 2. The van der Waals surface area contributed by atoms with Gasteiger partial charge in [0.1, 0.15) is 0 Å². The molecule has 0 aliphatic heterocycles. The standard InChI is InChI=1S/C59H42N2/c1-4-17-40(18-5-1)42-31-35-44(36-32-42)47-23-10-12-25-49(47)51-27-14-15-28-52(51)55-39-56(61-59(60-55)46-21-8-3-9-22-46)58-54-30-16-29-53(57(54)58)50-26-13-11-24-48(50)45-37-33-43(34-38-45)41-19-6-2-7-20-41/h1-39,54,57-58H. The van der Waals surface area contributed by atoms with Crippen molar-refractivity contribution in [1.29, 1.82) is 0 Å². The Labute approximate surface area is 357 Å². The van der Waals surface area contributed by atoms with Gasteiger partial charge in [-0.2, -0.15) is 0 Å². The molecule has 61 heavy (non-hydrogen) atoms. The topological polar surface area (TPSA) is 25.8 Å². The lowest BCUT2D eigenvalue weighted by atomic mass is 9.89. The van der Waals surface area contributed by atoms with Crippen molar-refractivity contribution in [2.45, 2.75) is 5.92 Å². The van der Waals surface area contributed by atoms with Crippen LogP contribution in [0.2, 0.25) is 0 Å². The van der Waals surface area contributed by atoms with Crippen LogP contribution >= 0.6 is 0 Å². The van der Waals surface area contributed by atoms with Crippen molar-refractivity contribution in [2.24, 2.45) is 11.8 Å². The third kappa shape index (κ3) is 7.03. The molecule has 2 aliphatic rings. The molecule has 2 heteroatoms. The summed E-state index contributed by atoms with van der Waals surface area (Å²) in [6.07, 6.45) is 6.97. The average Bonchev–Trinajstić information content (AvgIpc) is 4.10. The maximum atomic E-state index is 5.39. The second-order valence-corrected chi connectivity index (χ2v) is 16.0. The fourth-order valence-electron chi connectivity index (χ4n) is 9.36. The summed E-state index contributed by atoms with van der Waals surface area (Å²) in [4.78, 5) is 10.7. The molecule has 288 valence electrons. The van der Waals surface area contributed by atoms with Crippen LogP contribution in [0, 0.1) is 11.8 Å². The summed E-state index contributed by atoms with van der Waals surface area (Å²) in [6, 6.07) is 78.1. The Bertz CT molecular complexity index is 3060. The Morgan fingerprint density at radius 2 is 0.721 bits per heavy atom. The molecule has 8 aromatic carbocycles. The first-order valence-corrected chi connectivity index (χ1v) is 21.2. The van der Waals surface area contributed by atoms with Gasteiger partial charge in [-0.15, -0.1) is 0 Å². The summed E-state index contributed by atoms with van der Waals surface area (Å²) in [5.41, 5.74) is 18.8. The van der Waals surface area contributed by atoms with E-state index in [9.17, 15) is 0 Å². The third-order valence-corrected chi connectivity index (χ3v) is 12.4. The highest BCUT2D eigenvalue weighted by atomic mass is 14.9. The van der Waals surface area contributed by atoms with Crippen molar-refractivity contribution in [3.63, 3.8) is 0 Å². The first-order chi connectivity index (χ1) is 30.3. The summed E-state index contributed by atoms with van der Waals surface area (Å²) < 4.78 is 0. The maximum absolute atomic E-state index is 5.39. The molecule has 0 spiro atoms. The van der Waals surface area contributed by atoms with E-state index in [1.807, 2.05) is 0 Å². The molecule has 0 amide bonds. The van der Waals surface area contributed by atoms with Gasteiger partial charge in [0, 0.05) is 28.7 Å². The van der Waals surface area contributed by atoms with Crippen molar-refractivity contribution in [3.05, 3.63) is 248 Å². The van der Waals surface area contributed by atoms with Gasteiger partial charge in [-0.1, -0.05) is 231 Å². The molecule has 9 aromatic rings. The molecule has 0 N–H and O–H groups in total. The highest BCUT2D eigenvalue weighted by Gasteiger charge is 2.53. The molecule has 1 heterocycles. The van der Waals surface area contributed by atoms with E-state index in [0.29, 0.717) is 11.8 Å². The van der Waals surface area contributed by atoms with Crippen LogP contribution in [0.15, 0.2) is 237 Å². The first-order valence-electron chi connectivity index (χ1n) is 21.2. The molecule has 3 atom stereocenters. The normalized spacial score (nSPS) is 16.4. The van der Waals surface area contributed by atoms with Crippen LogP contribution in [0.1, 0.15) is 17.2 Å². The fraction of sp³-hybridized carbons (Fsp3) is 0.0508. The van der Waals surface area contributed by atoms with E-state index in [1.54, 1.807) is 0 Å². The van der Waals surface area contributed by atoms with Crippen LogP contribution in [0.3, 0.4) is 0 Å². The monoisotopic (exact) mass is 778 g/mol. The van der Waals surface area contributed by atoms with Gasteiger partial charge < -0.3 is 0 Å². The average molecular weight is 779 g/mol. The van der Waals surface area contributed by atoms with E-state index in [4.69, 9.17) is 9.97 Å². The predicted octanol–water partition coefficient (Wildman–Crippen LogP) is 15.1. The molecule has 1 fully saturated rings. The molecular formula is C59H42N2. The molecule has 0 bridgehead atoms. The largest absolute Gasteiger partial charge is 0.233 e. The lowest BCUT2D eigenvalue weighted by Gasteiger charge is -2.16. The number of benzene rings is 8. The molecule has 2 aliphatic carbocycles. The van der Waals surface area contributed by atoms with E-state index >= 15 is 0 Å². The van der Waals surface area contributed by atoms with Crippen LogP contribution in [-0.4, -0.2) is 9.97 Å². The van der Waals surface area contributed by atoms with Crippen molar-refractivity contribution in [2.75, 3.05) is 0 Å². The van der Waals surface area contributed by atoms with E-state index in [-0.39, 0.29) is 5.92 Å². The number of allylic oxidation sites excluding steroid dienone is 4. The van der Waals surface area contributed by atoms with Crippen molar-refractivity contribution < 1.29 is 0 Å². The number of aromatic nitrogens is 2. The van der Waals surface area contributed by atoms with Gasteiger partial charge in [0.05, 0.1) is 5.69 Å². The van der Waals surface area contributed by atoms with E-state index in [1.165, 1.54) is 61.2 Å². The Morgan fingerprint density at radius 3 is 1.28 bits per heavy atom. The third-order valence-electron chi connectivity index (χ3n) is 12.4. The van der Waals surface area contributed by atoms with Crippen LogP contribution in [0.4, 0.5) is 0 Å². The van der Waals surface area contributed by atoms with Gasteiger partial charge in [0.2, 0.25) is 0 Å². The SMILES string of the molecule is C1=CC2C(C(c3ccccc3-c3ccc(-c4ccccc4)cc3)=C1)C2c1cc(-c2ccccc2-c2ccccc2-c2ccc(-c3ccccc3)cc2)nc(-c2ccccc2)n1. The summed E-state index contributed by atoms with van der Waals surface area (Å²) in [7, 11) is 0. The van der Waals surface area contributed by atoms with E-state index < -0.39 is 0 Å². The summed E-state index contributed by atoms with van der Waals surface area (Å²) in [6.45, 7) is 0. The maximum Gasteiger partial charge on any atom is 0.160 e. The minimum atomic E-state index is 0.227. The zero-order valence-corrected chi connectivity index (χ0v) is 33.6. The molecule has 0 saturated heterocycles. The summed E-state index contributed by atoms with van der Waals surface area (Å²) in [5, 5.41) is 0. The minimum Gasteiger partial charge on any atom is -0.233 e. The quantitative estimate of drug-likeness (QED) is 0.146. The summed E-state index contributed by atoms with van der Waals surface area (Å²) >= 11 is 0. The second kappa shape index (κ2) is 15.8. The molecule has 0 radical (unpaired) electrons. The van der Waals surface area contributed by atoms with E-state index in [2.05, 4.69) is 237 Å². The number of rotatable bonds is 9. The molecule has 11 rings (SSSR count). The summed E-state index contributed by atoms with van der Waals surface area (Å²) in [5.74, 6) is 1.65. The molecule has 1 aromatic heterocycles. The zero-order valence-electron chi connectivity index (χ0n) is 33.6. The lowest BCUT2D eigenvalue weighted by molar-refractivity contribution is 0.938. The lowest BCUT2D eigenvalue weighted by Crippen LogP contribution is -2.00. The van der Waals surface area contributed by atoms with Gasteiger partial charge in [-0.25, -0.2) is 9.97 Å². The zero-order chi connectivity index (χ0) is 40.5. The van der Waals surface area contributed by atoms with Crippen molar-refractivity contribution in [1.82, 2.24) is 9.97 Å². The number of hydrogen-bond donors (Lipinski definition) is 0. The Hall–Kier alpha value is -7.68. The van der Waals surface area contributed by atoms with Crippen molar-refractivity contribution in [3.8, 4) is 78.3 Å². The van der Waals surface area contributed by atoms with E-state index in [0.717, 1.165) is 33.9 Å². The number of nitrogens with zero attached hydrogens (tertiary/aromatic N) is 2. The highest BCUT2D eigenvalue weighted by molar-refractivity contribution is 5.92. The van der Waals surface area contributed by atoms with Crippen LogP contribution < -0.4 is 0 Å². The Kier molecular flexibility index (Phi) is 9.44.